The molecule has 0 bridgehead atoms. The van der Waals surface area contributed by atoms with Crippen LogP contribution in [0.4, 0.5) is 36.2 Å². The van der Waals surface area contributed by atoms with Crippen molar-refractivity contribution >= 4 is 58.2 Å². The van der Waals surface area contributed by atoms with Gasteiger partial charge in [0.15, 0.2) is 0 Å². The van der Waals surface area contributed by atoms with Crippen LogP contribution in [0.25, 0.3) is 0 Å². The minimum Gasteiger partial charge on any atom is -0.324 e. The number of carbonyl (C=O) groups excluding carboxylic acids is 2. The Labute approximate surface area is 267 Å². The van der Waals surface area contributed by atoms with Crippen LogP contribution in [0.3, 0.4) is 0 Å². The highest BCUT2D eigenvalue weighted by Gasteiger charge is 2.31. The van der Waals surface area contributed by atoms with E-state index in [9.17, 15) is 22.8 Å². The summed E-state index contributed by atoms with van der Waals surface area (Å²) in [5.74, 6) is 0.0562. The first-order chi connectivity index (χ1) is 21.6. The highest BCUT2D eigenvalue weighted by atomic mass is 35.5. The van der Waals surface area contributed by atoms with Crippen molar-refractivity contribution in [2.75, 3.05) is 41.3 Å². The Hall–Kier alpha value is -4.13. The molecule has 1 aromatic heterocycles. The van der Waals surface area contributed by atoms with Gasteiger partial charge in [0.25, 0.3) is 11.8 Å². The van der Waals surface area contributed by atoms with E-state index in [1.807, 2.05) is 23.9 Å². The lowest BCUT2D eigenvalue weighted by molar-refractivity contribution is -0.137. The van der Waals surface area contributed by atoms with Gasteiger partial charge in [-0.1, -0.05) is 17.7 Å². The number of amides is 2. The Kier molecular flexibility index (Phi) is 10.6. The molecule has 2 amide bonds. The maximum absolute atomic E-state index is 13.0. The molecule has 1 fully saturated rings. The topological polar surface area (TPSA) is 99.2 Å². The molecule has 8 nitrogen and oxygen atoms in total. The monoisotopic (exact) mass is 654 g/mol. The molecule has 0 unspecified atom stereocenters. The van der Waals surface area contributed by atoms with Gasteiger partial charge >= 0.3 is 6.18 Å². The molecule has 13 heteroatoms. The molecule has 1 saturated heterocycles. The number of hydrogen-bond donors (Lipinski definition) is 3. The predicted molar refractivity (Wildman–Crippen MR) is 172 cm³/mol. The summed E-state index contributed by atoms with van der Waals surface area (Å²) < 4.78 is 39.1. The van der Waals surface area contributed by atoms with Crippen LogP contribution in [-0.4, -0.2) is 52.1 Å². The molecule has 2 heterocycles. The molecule has 234 valence electrons. The molecule has 45 heavy (non-hydrogen) atoms. The van der Waals surface area contributed by atoms with E-state index in [2.05, 4.69) is 43.0 Å². The standard InChI is InChI=1S/C32H30ClF3N6O2S/c33-28-12-9-24(39-29(43)21-5-3-6-22(17-21)32(34,35)36)18-27(28)30(44)40-25-19-37-31(38-20-25)41-23-7-10-26(11-8-23)45-16-4-15-42-13-1-2-14-42/h3,5-12,17-20H,1-2,4,13-16H2,(H,39,43)(H,40,44)(H,37,38,41). The van der Waals surface area contributed by atoms with Crippen LogP contribution in [-0.2, 0) is 6.18 Å². The van der Waals surface area contributed by atoms with Crippen molar-refractivity contribution in [3.05, 3.63) is 101 Å². The Balaban J connectivity index is 1.13. The number of thioether (sulfide) groups is 1. The molecule has 0 aliphatic carbocycles. The first-order valence-electron chi connectivity index (χ1n) is 14.3. The molecule has 1 aliphatic rings. The number of alkyl halides is 3. The second kappa shape index (κ2) is 14.8. The van der Waals surface area contributed by atoms with Crippen molar-refractivity contribution in [3.63, 3.8) is 0 Å². The Morgan fingerprint density at radius 1 is 0.867 bits per heavy atom. The van der Waals surface area contributed by atoms with Crippen molar-refractivity contribution in [1.29, 1.82) is 0 Å². The van der Waals surface area contributed by atoms with E-state index in [1.54, 1.807) is 0 Å². The molecule has 0 saturated carbocycles. The fraction of sp³-hybridized carbons (Fsp3) is 0.250. The number of rotatable bonds is 11. The SMILES string of the molecule is O=C(Nc1ccc(Cl)c(C(=O)Nc2cnc(Nc3ccc(SCCCN4CCCC4)cc3)nc2)c1)c1cccc(C(F)(F)F)c1. The molecule has 1 aliphatic heterocycles. The average Bonchev–Trinajstić information content (AvgIpc) is 3.55. The first kappa shape index (κ1) is 32.3. The van der Waals surface area contributed by atoms with Gasteiger partial charge in [0.05, 0.1) is 34.2 Å². The summed E-state index contributed by atoms with van der Waals surface area (Å²) in [4.78, 5) is 37.8. The fourth-order valence-corrected chi connectivity index (χ4v) is 5.76. The van der Waals surface area contributed by atoms with E-state index in [4.69, 9.17) is 11.6 Å². The molecular weight excluding hydrogens is 625 g/mol. The summed E-state index contributed by atoms with van der Waals surface area (Å²) in [7, 11) is 0. The number of anilines is 4. The third kappa shape index (κ3) is 9.19. The average molecular weight is 655 g/mol. The summed E-state index contributed by atoms with van der Waals surface area (Å²) in [6.45, 7) is 3.60. The van der Waals surface area contributed by atoms with Crippen LogP contribution in [0, 0.1) is 0 Å². The number of hydrogen-bond acceptors (Lipinski definition) is 7. The summed E-state index contributed by atoms with van der Waals surface area (Å²) >= 11 is 8.06. The lowest BCUT2D eigenvalue weighted by Crippen LogP contribution is -2.20. The van der Waals surface area contributed by atoms with Gasteiger partial charge in [-0.15, -0.1) is 11.8 Å². The first-order valence-corrected chi connectivity index (χ1v) is 15.6. The zero-order valence-corrected chi connectivity index (χ0v) is 25.6. The van der Waals surface area contributed by atoms with Gasteiger partial charge in [-0.05, 0) is 105 Å². The van der Waals surface area contributed by atoms with Crippen LogP contribution >= 0.6 is 23.4 Å². The van der Waals surface area contributed by atoms with Gasteiger partial charge in [-0.3, -0.25) is 9.59 Å². The van der Waals surface area contributed by atoms with Crippen LogP contribution in [0.2, 0.25) is 5.02 Å². The Morgan fingerprint density at radius 3 is 2.27 bits per heavy atom. The largest absolute Gasteiger partial charge is 0.416 e. The number of aromatic nitrogens is 2. The van der Waals surface area contributed by atoms with Crippen molar-refractivity contribution in [2.45, 2.75) is 30.3 Å². The Morgan fingerprint density at radius 2 is 1.56 bits per heavy atom. The highest BCUT2D eigenvalue weighted by Crippen LogP contribution is 2.30. The summed E-state index contributed by atoms with van der Waals surface area (Å²) in [5, 5.41) is 8.40. The number of carbonyl (C=O) groups is 2. The smallest absolute Gasteiger partial charge is 0.324 e. The minimum absolute atomic E-state index is 0.0368. The lowest BCUT2D eigenvalue weighted by Gasteiger charge is -2.13. The molecule has 0 spiro atoms. The van der Waals surface area contributed by atoms with Crippen LogP contribution in [0.15, 0.2) is 84.0 Å². The maximum Gasteiger partial charge on any atom is 0.416 e. The van der Waals surface area contributed by atoms with Gasteiger partial charge < -0.3 is 20.9 Å². The number of likely N-dealkylation sites (tertiary alicyclic amines) is 1. The second-order valence-corrected chi connectivity index (χ2v) is 12.0. The molecular formula is C32H30ClF3N6O2S. The van der Waals surface area contributed by atoms with Crippen LogP contribution in [0.5, 0.6) is 0 Å². The predicted octanol–water partition coefficient (Wildman–Crippen LogP) is 7.98. The zero-order valence-electron chi connectivity index (χ0n) is 24.0. The molecule has 5 rings (SSSR count). The quantitative estimate of drug-likeness (QED) is 0.111. The van der Waals surface area contributed by atoms with Crippen molar-refractivity contribution < 1.29 is 22.8 Å². The fourth-order valence-electron chi connectivity index (χ4n) is 4.72. The second-order valence-electron chi connectivity index (χ2n) is 10.4. The van der Waals surface area contributed by atoms with E-state index in [0.717, 1.165) is 36.2 Å². The van der Waals surface area contributed by atoms with Gasteiger partial charge in [-0.25, -0.2) is 9.97 Å². The van der Waals surface area contributed by atoms with E-state index in [-0.39, 0.29) is 21.8 Å². The minimum atomic E-state index is -4.59. The van der Waals surface area contributed by atoms with Crippen molar-refractivity contribution in [2.24, 2.45) is 0 Å². The van der Waals surface area contributed by atoms with E-state index >= 15 is 0 Å². The van der Waals surface area contributed by atoms with Gasteiger partial charge in [0.1, 0.15) is 0 Å². The normalized spacial score (nSPS) is 13.4. The summed E-state index contributed by atoms with van der Waals surface area (Å²) in [6, 6.07) is 16.2. The highest BCUT2D eigenvalue weighted by molar-refractivity contribution is 7.99. The third-order valence-electron chi connectivity index (χ3n) is 7.03. The molecule has 4 aromatic rings. The van der Waals surface area contributed by atoms with E-state index in [1.165, 1.54) is 73.9 Å². The van der Waals surface area contributed by atoms with Crippen LogP contribution < -0.4 is 16.0 Å². The molecule has 0 radical (unpaired) electrons. The third-order valence-corrected chi connectivity index (χ3v) is 8.46. The molecule has 0 atom stereocenters. The summed E-state index contributed by atoms with van der Waals surface area (Å²) in [6.07, 6.45) is 2.08. The van der Waals surface area contributed by atoms with Gasteiger partial charge in [0.2, 0.25) is 5.95 Å². The zero-order chi connectivity index (χ0) is 31.8. The number of halogens is 4. The molecule has 3 N–H and O–H groups in total. The van der Waals surface area contributed by atoms with Crippen LogP contribution in [0.1, 0.15) is 45.5 Å². The van der Waals surface area contributed by atoms with E-state index < -0.39 is 23.6 Å². The Bertz CT molecular complexity index is 1630. The van der Waals surface area contributed by atoms with Gasteiger partial charge in [-0.2, -0.15) is 13.2 Å². The summed E-state index contributed by atoms with van der Waals surface area (Å²) in [5.41, 5.74) is 0.212. The van der Waals surface area contributed by atoms with Gasteiger partial charge in [0, 0.05) is 21.8 Å². The van der Waals surface area contributed by atoms with Crippen molar-refractivity contribution in [1.82, 2.24) is 14.9 Å². The number of nitrogens with one attached hydrogen (secondary N) is 3. The molecule has 3 aromatic carbocycles. The maximum atomic E-state index is 13.0. The lowest BCUT2D eigenvalue weighted by atomic mass is 10.1. The van der Waals surface area contributed by atoms with E-state index in [0.29, 0.717) is 11.6 Å². The number of benzene rings is 3. The van der Waals surface area contributed by atoms with Crippen molar-refractivity contribution in [3.8, 4) is 0 Å². The number of nitrogens with zero attached hydrogens (tertiary/aromatic N) is 3.